The summed E-state index contributed by atoms with van der Waals surface area (Å²) >= 11 is 6.04. The second-order valence-corrected chi connectivity index (χ2v) is 7.18. The average molecular weight is 402 g/mol. The highest BCUT2D eigenvalue weighted by atomic mass is 35.5. The molecule has 1 N–H and O–H groups in total. The predicted molar refractivity (Wildman–Crippen MR) is 106 cm³/mol. The molecule has 0 bridgehead atoms. The first kappa shape index (κ1) is 18.5. The fourth-order valence-corrected chi connectivity index (χ4v) is 3.68. The molecule has 0 saturated carbocycles. The Hall–Kier alpha value is -2.87. The molecule has 0 unspecified atom stereocenters. The van der Waals surface area contributed by atoms with Gasteiger partial charge in [-0.2, -0.15) is 4.98 Å². The standard InChI is InChI=1S/C19H20ClN5O3/c1-11-16-17(21-10-22-19(16)28-24-11)25-7-5-12(6-8-25)18(26)23-14-9-13(20)3-4-15(14)27-2/h3-4,9-10,12H,5-8H2,1-2H3,(H,23,26). The molecule has 28 heavy (non-hydrogen) atoms. The monoisotopic (exact) mass is 401 g/mol. The lowest BCUT2D eigenvalue weighted by Gasteiger charge is -2.32. The van der Waals surface area contributed by atoms with Gasteiger partial charge in [0.25, 0.3) is 5.71 Å². The number of ether oxygens (including phenoxy) is 1. The van der Waals surface area contributed by atoms with E-state index in [0.717, 1.165) is 16.9 Å². The first-order valence-corrected chi connectivity index (χ1v) is 9.41. The van der Waals surface area contributed by atoms with Crippen molar-refractivity contribution in [1.82, 2.24) is 15.1 Å². The molecule has 1 aliphatic rings. The molecule has 9 heteroatoms. The van der Waals surface area contributed by atoms with Gasteiger partial charge in [-0.25, -0.2) is 4.98 Å². The SMILES string of the molecule is COc1ccc(Cl)cc1NC(=O)C1CCN(c2ncnc3onc(C)c23)CC1. The lowest BCUT2D eigenvalue weighted by atomic mass is 9.95. The number of aromatic nitrogens is 3. The van der Waals surface area contributed by atoms with E-state index in [-0.39, 0.29) is 11.8 Å². The van der Waals surface area contributed by atoms with E-state index in [1.807, 2.05) is 6.92 Å². The summed E-state index contributed by atoms with van der Waals surface area (Å²) in [5.41, 5.74) is 1.83. The molecule has 0 atom stereocenters. The molecule has 1 amide bonds. The van der Waals surface area contributed by atoms with Gasteiger partial charge in [-0.1, -0.05) is 16.8 Å². The lowest BCUT2D eigenvalue weighted by molar-refractivity contribution is -0.120. The minimum absolute atomic E-state index is 0.0331. The van der Waals surface area contributed by atoms with Crippen LogP contribution in [-0.4, -0.2) is 41.2 Å². The Morgan fingerprint density at radius 3 is 2.86 bits per heavy atom. The molecule has 1 aromatic carbocycles. The maximum absolute atomic E-state index is 12.7. The minimum Gasteiger partial charge on any atom is -0.495 e. The lowest BCUT2D eigenvalue weighted by Crippen LogP contribution is -2.38. The van der Waals surface area contributed by atoms with Crippen LogP contribution in [0.5, 0.6) is 5.75 Å². The van der Waals surface area contributed by atoms with Gasteiger partial charge in [0.1, 0.15) is 23.3 Å². The topological polar surface area (TPSA) is 93.4 Å². The summed E-state index contributed by atoms with van der Waals surface area (Å²) < 4.78 is 10.5. The molecule has 0 spiro atoms. The highest BCUT2D eigenvalue weighted by Gasteiger charge is 2.28. The molecule has 146 valence electrons. The van der Waals surface area contributed by atoms with Crippen molar-refractivity contribution >= 4 is 40.1 Å². The first-order chi connectivity index (χ1) is 13.6. The summed E-state index contributed by atoms with van der Waals surface area (Å²) in [6.45, 7) is 3.29. The largest absolute Gasteiger partial charge is 0.495 e. The molecule has 8 nitrogen and oxygen atoms in total. The second kappa shape index (κ2) is 7.63. The molecule has 1 saturated heterocycles. The zero-order valence-corrected chi connectivity index (χ0v) is 16.4. The second-order valence-electron chi connectivity index (χ2n) is 6.74. The Bertz CT molecular complexity index is 1010. The molecule has 2 aromatic heterocycles. The number of aryl methyl sites for hydroxylation is 1. The van der Waals surface area contributed by atoms with Gasteiger partial charge in [0.05, 0.1) is 18.5 Å². The van der Waals surface area contributed by atoms with Crippen LogP contribution in [0, 0.1) is 12.8 Å². The Labute approximate surface area is 166 Å². The molecular weight excluding hydrogens is 382 g/mol. The van der Waals surface area contributed by atoms with Crippen molar-refractivity contribution in [2.75, 3.05) is 30.4 Å². The van der Waals surface area contributed by atoms with E-state index < -0.39 is 0 Å². The van der Waals surface area contributed by atoms with Gasteiger partial charge < -0.3 is 19.5 Å². The number of piperidine rings is 1. The number of amides is 1. The number of nitrogens with one attached hydrogen (secondary N) is 1. The molecule has 0 aliphatic carbocycles. The van der Waals surface area contributed by atoms with Crippen molar-refractivity contribution in [2.24, 2.45) is 5.92 Å². The number of anilines is 2. The number of rotatable bonds is 4. The zero-order valence-electron chi connectivity index (χ0n) is 15.6. The molecule has 3 heterocycles. The van der Waals surface area contributed by atoms with Crippen LogP contribution in [0.4, 0.5) is 11.5 Å². The predicted octanol–water partition coefficient (Wildman–Crippen LogP) is 3.44. The van der Waals surface area contributed by atoms with Crippen molar-refractivity contribution < 1.29 is 14.1 Å². The van der Waals surface area contributed by atoms with Gasteiger partial charge in [0.15, 0.2) is 0 Å². The molecular formula is C19H20ClN5O3. The quantitative estimate of drug-likeness (QED) is 0.715. The first-order valence-electron chi connectivity index (χ1n) is 9.03. The van der Waals surface area contributed by atoms with Crippen LogP contribution in [0.2, 0.25) is 5.02 Å². The smallest absolute Gasteiger partial charge is 0.263 e. The third kappa shape index (κ3) is 3.47. The van der Waals surface area contributed by atoms with Crippen molar-refractivity contribution in [2.45, 2.75) is 19.8 Å². The Morgan fingerprint density at radius 2 is 2.11 bits per heavy atom. The van der Waals surface area contributed by atoms with Gasteiger partial charge in [0, 0.05) is 24.0 Å². The summed E-state index contributed by atoms with van der Waals surface area (Å²) in [6, 6.07) is 5.16. The fraction of sp³-hybridized carbons (Fsp3) is 0.368. The van der Waals surface area contributed by atoms with Gasteiger partial charge in [0.2, 0.25) is 5.91 Å². The van der Waals surface area contributed by atoms with Crippen molar-refractivity contribution in [3.05, 3.63) is 35.2 Å². The van der Waals surface area contributed by atoms with E-state index in [9.17, 15) is 4.79 Å². The summed E-state index contributed by atoms with van der Waals surface area (Å²) in [7, 11) is 1.56. The van der Waals surface area contributed by atoms with Gasteiger partial charge in [-0.05, 0) is 38.0 Å². The Balaban J connectivity index is 1.45. The van der Waals surface area contributed by atoms with Gasteiger partial charge in [-0.15, -0.1) is 0 Å². The normalized spacial score (nSPS) is 15.0. The molecule has 0 radical (unpaired) electrons. The number of hydrogen-bond acceptors (Lipinski definition) is 7. The maximum atomic E-state index is 12.7. The van der Waals surface area contributed by atoms with E-state index in [2.05, 4.69) is 25.3 Å². The zero-order chi connectivity index (χ0) is 19.7. The number of carbonyl (C=O) groups excluding carboxylic acids is 1. The number of hydrogen-bond donors (Lipinski definition) is 1. The molecule has 3 aromatic rings. The van der Waals surface area contributed by atoms with Crippen molar-refractivity contribution in [3.8, 4) is 5.75 Å². The van der Waals surface area contributed by atoms with Crippen LogP contribution in [0.1, 0.15) is 18.5 Å². The van der Waals surface area contributed by atoms with E-state index in [0.29, 0.717) is 48.1 Å². The van der Waals surface area contributed by atoms with Crippen LogP contribution in [0.3, 0.4) is 0 Å². The van der Waals surface area contributed by atoms with Crippen molar-refractivity contribution in [3.63, 3.8) is 0 Å². The Kier molecular flexibility index (Phi) is 5.04. The number of nitrogens with zero attached hydrogens (tertiary/aromatic N) is 4. The third-order valence-electron chi connectivity index (χ3n) is 5.01. The number of carbonyl (C=O) groups is 1. The third-order valence-corrected chi connectivity index (χ3v) is 5.24. The van der Waals surface area contributed by atoms with Crippen LogP contribution in [0.15, 0.2) is 29.0 Å². The average Bonchev–Trinajstić information content (AvgIpc) is 3.09. The van der Waals surface area contributed by atoms with Crippen molar-refractivity contribution in [1.29, 1.82) is 0 Å². The number of methoxy groups -OCH3 is 1. The van der Waals surface area contributed by atoms with E-state index in [1.165, 1.54) is 6.33 Å². The summed E-state index contributed by atoms with van der Waals surface area (Å²) in [4.78, 5) is 23.4. The maximum Gasteiger partial charge on any atom is 0.263 e. The van der Waals surface area contributed by atoms with E-state index >= 15 is 0 Å². The highest BCUT2D eigenvalue weighted by Crippen LogP contribution is 2.31. The van der Waals surface area contributed by atoms with Gasteiger partial charge in [-0.3, -0.25) is 4.79 Å². The number of fused-ring (bicyclic) bond motifs is 1. The number of benzene rings is 1. The summed E-state index contributed by atoms with van der Waals surface area (Å²) in [5, 5.41) is 8.29. The summed E-state index contributed by atoms with van der Waals surface area (Å²) in [5.74, 6) is 1.26. The van der Waals surface area contributed by atoms with Crippen LogP contribution in [-0.2, 0) is 4.79 Å². The van der Waals surface area contributed by atoms with Crippen LogP contribution >= 0.6 is 11.6 Å². The molecule has 4 rings (SSSR count). The fourth-order valence-electron chi connectivity index (χ4n) is 3.51. The molecule has 1 fully saturated rings. The number of halogens is 1. The van der Waals surface area contributed by atoms with Crippen LogP contribution in [0.25, 0.3) is 11.1 Å². The molecule has 1 aliphatic heterocycles. The van der Waals surface area contributed by atoms with Gasteiger partial charge >= 0.3 is 0 Å². The van der Waals surface area contributed by atoms with E-state index in [1.54, 1.807) is 25.3 Å². The minimum atomic E-state index is -0.0964. The Morgan fingerprint density at radius 1 is 1.32 bits per heavy atom. The van der Waals surface area contributed by atoms with Crippen LogP contribution < -0.4 is 15.0 Å². The van der Waals surface area contributed by atoms with E-state index in [4.69, 9.17) is 20.9 Å². The highest BCUT2D eigenvalue weighted by molar-refractivity contribution is 6.31. The summed E-state index contributed by atoms with van der Waals surface area (Å²) in [6.07, 6.45) is 2.90.